The molecule has 1 unspecified atom stereocenters. The Morgan fingerprint density at radius 3 is 2.92 bits per heavy atom. The molecule has 1 aromatic rings. The second kappa shape index (κ2) is 3.66. The molecule has 1 atom stereocenters. The molecular formula is C10H15NOS. The van der Waals surface area contributed by atoms with Crippen molar-refractivity contribution in [3.8, 4) is 0 Å². The summed E-state index contributed by atoms with van der Waals surface area (Å²) in [5.41, 5.74) is 0. The van der Waals surface area contributed by atoms with E-state index in [0.29, 0.717) is 5.92 Å². The molecule has 1 saturated carbocycles. The van der Waals surface area contributed by atoms with Gasteiger partial charge in [0.05, 0.1) is 0 Å². The van der Waals surface area contributed by atoms with Crippen molar-refractivity contribution in [3.05, 3.63) is 21.2 Å². The molecule has 0 saturated heterocycles. The van der Waals surface area contributed by atoms with Crippen LogP contribution in [-0.4, -0.2) is 4.57 Å². The molecule has 0 aromatic carbocycles. The fourth-order valence-electron chi connectivity index (χ4n) is 1.89. The van der Waals surface area contributed by atoms with Gasteiger partial charge in [-0.25, -0.2) is 0 Å². The molecule has 0 N–H and O–H groups in total. The fourth-order valence-corrected chi connectivity index (χ4v) is 2.49. The van der Waals surface area contributed by atoms with Crippen LogP contribution in [0, 0.1) is 11.8 Å². The smallest absolute Gasteiger partial charge is 0.306 e. The summed E-state index contributed by atoms with van der Waals surface area (Å²) in [5, 5.41) is 1.87. The molecule has 1 fully saturated rings. The van der Waals surface area contributed by atoms with Gasteiger partial charge < -0.3 is 4.57 Å². The third-order valence-electron chi connectivity index (χ3n) is 3.08. The molecule has 0 spiro atoms. The maximum atomic E-state index is 11.3. The minimum absolute atomic E-state index is 0.186. The van der Waals surface area contributed by atoms with Crippen LogP contribution >= 0.6 is 11.3 Å². The van der Waals surface area contributed by atoms with Crippen molar-refractivity contribution in [1.29, 1.82) is 0 Å². The zero-order valence-electron chi connectivity index (χ0n) is 7.90. The van der Waals surface area contributed by atoms with Crippen LogP contribution in [0.5, 0.6) is 0 Å². The number of aromatic nitrogens is 1. The molecule has 13 heavy (non-hydrogen) atoms. The SMILES string of the molecule is CC(Cn1ccsc1=O)C1CCC1. The largest absolute Gasteiger partial charge is 0.307 e. The molecule has 1 aliphatic rings. The summed E-state index contributed by atoms with van der Waals surface area (Å²) in [6.07, 6.45) is 6.01. The highest BCUT2D eigenvalue weighted by atomic mass is 32.1. The monoisotopic (exact) mass is 197 g/mol. The minimum Gasteiger partial charge on any atom is -0.306 e. The van der Waals surface area contributed by atoms with Gasteiger partial charge in [-0.1, -0.05) is 37.5 Å². The van der Waals surface area contributed by atoms with Crippen LogP contribution < -0.4 is 4.87 Å². The zero-order chi connectivity index (χ0) is 9.26. The lowest BCUT2D eigenvalue weighted by molar-refractivity contribution is 0.200. The van der Waals surface area contributed by atoms with E-state index in [1.54, 1.807) is 0 Å². The number of hydrogen-bond donors (Lipinski definition) is 0. The summed E-state index contributed by atoms with van der Waals surface area (Å²) >= 11 is 1.29. The predicted molar refractivity (Wildman–Crippen MR) is 55.1 cm³/mol. The fraction of sp³-hybridized carbons (Fsp3) is 0.700. The van der Waals surface area contributed by atoms with Gasteiger partial charge in [-0.05, 0) is 11.8 Å². The van der Waals surface area contributed by atoms with Gasteiger partial charge in [0, 0.05) is 18.1 Å². The van der Waals surface area contributed by atoms with Gasteiger partial charge >= 0.3 is 4.87 Å². The van der Waals surface area contributed by atoms with E-state index >= 15 is 0 Å². The van der Waals surface area contributed by atoms with E-state index in [-0.39, 0.29) is 4.87 Å². The third kappa shape index (κ3) is 1.85. The highest BCUT2D eigenvalue weighted by molar-refractivity contribution is 7.07. The van der Waals surface area contributed by atoms with Crippen molar-refractivity contribution in [1.82, 2.24) is 4.57 Å². The Bertz CT molecular complexity index is 324. The Hall–Kier alpha value is -0.570. The normalized spacial score (nSPS) is 19.8. The first-order valence-corrected chi connectivity index (χ1v) is 5.79. The van der Waals surface area contributed by atoms with E-state index in [1.165, 1.54) is 30.6 Å². The average Bonchev–Trinajstić information content (AvgIpc) is 2.32. The molecule has 0 amide bonds. The van der Waals surface area contributed by atoms with Crippen molar-refractivity contribution in [2.24, 2.45) is 11.8 Å². The first-order chi connectivity index (χ1) is 6.27. The van der Waals surface area contributed by atoms with Crippen molar-refractivity contribution in [3.63, 3.8) is 0 Å². The van der Waals surface area contributed by atoms with Crippen LogP contribution in [0.15, 0.2) is 16.4 Å². The van der Waals surface area contributed by atoms with E-state index in [4.69, 9.17) is 0 Å². The van der Waals surface area contributed by atoms with Gasteiger partial charge in [-0.2, -0.15) is 0 Å². The Kier molecular flexibility index (Phi) is 2.54. The molecule has 2 rings (SSSR count). The topological polar surface area (TPSA) is 22.0 Å². The summed E-state index contributed by atoms with van der Waals surface area (Å²) in [6, 6.07) is 0. The van der Waals surface area contributed by atoms with Crippen LogP contribution in [0.3, 0.4) is 0 Å². The molecule has 1 aliphatic carbocycles. The van der Waals surface area contributed by atoms with E-state index in [0.717, 1.165) is 12.5 Å². The molecular weight excluding hydrogens is 182 g/mol. The van der Waals surface area contributed by atoms with Gasteiger partial charge in [-0.3, -0.25) is 4.79 Å². The van der Waals surface area contributed by atoms with Gasteiger partial charge in [0.25, 0.3) is 0 Å². The van der Waals surface area contributed by atoms with Crippen LogP contribution in [0.4, 0.5) is 0 Å². The summed E-state index contributed by atoms with van der Waals surface area (Å²) in [7, 11) is 0. The maximum Gasteiger partial charge on any atom is 0.307 e. The molecule has 1 heterocycles. The minimum atomic E-state index is 0.186. The summed E-state index contributed by atoms with van der Waals surface area (Å²) < 4.78 is 1.84. The van der Waals surface area contributed by atoms with E-state index in [2.05, 4.69) is 6.92 Å². The van der Waals surface area contributed by atoms with E-state index < -0.39 is 0 Å². The summed E-state index contributed by atoms with van der Waals surface area (Å²) in [5.74, 6) is 1.54. The van der Waals surface area contributed by atoms with Crippen molar-refractivity contribution in [2.75, 3.05) is 0 Å². The number of rotatable bonds is 3. The van der Waals surface area contributed by atoms with Crippen molar-refractivity contribution < 1.29 is 0 Å². The van der Waals surface area contributed by atoms with Crippen molar-refractivity contribution >= 4 is 11.3 Å². The highest BCUT2D eigenvalue weighted by Crippen LogP contribution is 2.33. The molecule has 1 aromatic heterocycles. The zero-order valence-corrected chi connectivity index (χ0v) is 8.72. The van der Waals surface area contributed by atoms with Gasteiger partial charge in [0.15, 0.2) is 0 Å². The van der Waals surface area contributed by atoms with Crippen LogP contribution in [0.25, 0.3) is 0 Å². The summed E-state index contributed by atoms with van der Waals surface area (Å²) in [6.45, 7) is 3.17. The van der Waals surface area contributed by atoms with Gasteiger partial charge in [-0.15, -0.1) is 0 Å². The second-order valence-corrected chi connectivity index (χ2v) is 4.85. The Morgan fingerprint density at radius 2 is 2.46 bits per heavy atom. The summed E-state index contributed by atoms with van der Waals surface area (Å²) in [4.78, 5) is 11.5. The van der Waals surface area contributed by atoms with E-state index in [1.807, 2.05) is 16.1 Å². The predicted octanol–water partition coefficient (Wildman–Crippen LogP) is 2.35. The standard InChI is InChI=1S/C10H15NOS/c1-8(9-3-2-4-9)7-11-5-6-13-10(11)12/h5-6,8-9H,2-4,7H2,1H3. The highest BCUT2D eigenvalue weighted by Gasteiger charge is 2.24. The number of thiazole rings is 1. The first-order valence-electron chi connectivity index (χ1n) is 4.91. The molecule has 0 aliphatic heterocycles. The molecule has 0 bridgehead atoms. The number of nitrogens with zero attached hydrogens (tertiary/aromatic N) is 1. The Morgan fingerprint density at radius 1 is 1.69 bits per heavy atom. The lowest BCUT2D eigenvalue weighted by Crippen LogP contribution is -2.26. The molecule has 2 nitrogen and oxygen atoms in total. The number of hydrogen-bond acceptors (Lipinski definition) is 2. The molecule has 72 valence electrons. The van der Waals surface area contributed by atoms with Gasteiger partial charge in [0.2, 0.25) is 0 Å². The maximum absolute atomic E-state index is 11.3. The second-order valence-electron chi connectivity index (χ2n) is 3.99. The van der Waals surface area contributed by atoms with Gasteiger partial charge in [0.1, 0.15) is 0 Å². The molecule has 0 radical (unpaired) electrons. The lowest BCUT2D eigenvalue weighted by atomic mass is 9.77. The quantitative estimate of drug-likeness (QED) is 0.729. The van der Waals surface area contributed by atoms with Crippen LogP contribution in [-0.2, 0) is 6.54 Å². The van der Waals surface area contributed by atoms with Crippen LogP contribution in [0.2, 0.25) is 0 Å². The van der Waals surface area contributed by atoms with Crippen LogP contribution in [0.1, 0.15) is 26.2 Å². The Labute approximate surface area is 82.2 Å². The van der Waals surface area contributed by atoms with E-state index in [9.17, 15) is 4.79 Å². The first kappa shape index (κ1) is 9.00. The Balaban J connectivity index is 1.97. The lowest BCUT2D eigenvalue weighted by Gasteiger charge is -2.31. The third-order valence-corrected chi connectivity index (χ3v) is 3.78. The van der Waals surface area contributed by atoms with Crippen molar-refractivity contribution in [2.45, 2.75) is 32.7 Å². The molecule has 3 heteroatoms. The average molecular weight is 197 g/mol.